The van der Waals surface area contributed by atoms with Crippen LogP contribution in [0.2, 0.25) is 0 Å². The van der Waals surface area contributed by atoms with Crippen LogP contribution in [0.4, 0.5) is 4.39 Å². The highest BCUT2D eigenvalue weighted by Gasteiger charge is 2.24. The number of para-hydroxylation sites is 1. The average Bonchev–Trinajstić information content (AvgIpc) is 2.66. The molecular formula is C20H22BrFN2O4. The molecule has 1 amide bonds. The molecule has 1 aliphatic rings. The minimum absolute atomic E-state index is 0.0433. The Labute approximate surface area is 171 Å². The Morgan fingerprint density at radius 1 is 1.36 bits per heavy atom. The zero-order valence-corrected chi connectivity index (χ0v) is 17.3. The normalized spacial score (nSPS) is 15.4. The van der Waals surface area contributed by atoms with E-state index in [9.17, 15) is 9.18 Å². The van der Waals surface area contributed by atoms with E-state index < -0.39 is 11.7 Å². The molecule has 0 aliphatic carbocycles. The molecular weight excluding hydrogens is 431 g/mol. The smallest absolute Gasteiger partial charge is 0.254 e. The maximum atomic E-state index is 14.3. The molecule has 0 saturated heterocycles. The van der Waals surface area contributed by atoms with Crippen molar-refractivity contribution >= 4 is 21.8 Å². The molecule has 0 bridgehead atoms. The molecule has 150 valence electrons. The van der Waals surface area contributed by atoms with Crippen molar-refractivity contribution in [2.45, 2.75) is 6.10 Å². The number of amides is 1. The number of likely N-dealkylation sites (N-methyl/N-ethyl adjacent to an activating group) is 1. The lowest BCUT2D eigenvalue weighted by molar-refractivity contribution is 0.0782. The average molecular weight is 453 g/mol. The van der Waals surface area contributed by atoms with Crippen molar-refractivity contribution < 1.29 is 23.4 Å². The summed E-state index contributed by atoms with van der Waals surface area (Å²) in [5, 5.41) is 2.69. The highest BCUT2D eigenvalue weighted by molar-refractivity contribution is 9.10. The van der Waals surface area contributed by atoms with Gasteiger partial charge in [0.05, 0.1) is 16.6 Å². The zero-order valence-electron chi connectivity index (χ0n) is 15.7. The van der Waals surface area contributed by atoms with Gasteiger partial charge in [-0.05, 0) is 54.3 Å². The fourth-order valence-electron chi connectivity index (χ4n) is 2.62. The van der Waals surface area contributed by atoms with Gasteiger partial charge in [0.15, 0.2) is 17.6 Å². The lowest BCUT2D eigenvalue weighted by Crippen LogP contribution is -2.41. The van der Waals surface area contributed by atoms with Crippen LogP contribution in [0.15, 0.2) is 40.9 Å². The van der Waals surface area contributed by atoms with Crippen molar-refractivity contribution in [1.29, 1.82) is 0 Å². The molecule has 1 N–H and O–H groups in total. The van der Waals surface area contributed by atoms with E-state index >= 15 is 0 Å². The molecule has 3 rings (SSSR count). The lowest BCUT2D eigenvalue weighted by atomic mass is 10.2. The Kier molecular flexibility index (Phi) is 6.74. The predicted molar refractivity (Wildman–Crippen MR) is 107 cm³/mol. The molecule has 2 aromatic carbocycles. The number of nitrogens with zero attached hydrogens (tertiary/aromatic N) is 1. The van der Waals surface area contributed by atoms with Crippen molar-refractivity contribution in [3.05, 3.63) is 52.3 Å². The number of hydrogen-bond donors (Lipinski definition) is 1. The first kappa shape index (κ1) is 20.4. The number of benzene rings is 2. The summed E-state index contributed by atoms with van der Waals surface area (Å²) in [6.07, 6.45) is -0.369. The number of fused-ring (bicyclic) bond motifs is 1. The summed E-state index contributed by atoms with van der Waals surface area (Å²) in [5.41, 5.74) is -0.0433. The van der Waals surface area contributed by atoms with Gasteiger partial charge in [0.25, 0.3) is 5.91 Å². The van der Waals surface area contributed by atoms with Gasteiger partial charge < -0.3 is 24.4 Å². The topological polar surface area (TPSA) is 60.0 Å². The van der Waals surface area contributed by atoms with E-state index in [4.69, 9.17) is 14.2 Å². The third kappa shape index (κ3) is 5.14. The molecule has 0 saturated carbocycles. The Bertz CT molecular complexity index is 847. The van der Waals surface area contributed by atoms with Crippen LogP contribution in [0, 0.1) is 5.82 Å². The van der Waals surface area contributed by atoms with Crippen LogP contribution in [-0.2, 0) is 0 Å². The van der Waals surface area contributed by atoms with Crippen LogP contribution >= 0.6 is 15.9 Å². The number of rotatable bonds is 7. The summed E-state index contributed by atoms with van der Waals surface area (Å²) in [4.78, 5) is 14.3. The Morgan fingerprint density at radius 3 is 2.93 bits per heavy atom. The molecule has 0 aromatic heterocycles. The van der Waals surface area contributed by atoms with Crippen LogP contribution in [0.3, 0.4) is 0 Å². The number of carbonyl (C=O) groups excluding carboxylic acids is 1. The molecule has 0 spiro atoms. The van der Waals surface area contributed by atoms with Crippen molar-refractivity contribution in [2.75, 3.05) is 40.4 Å². The fraction of sp³-hybridized carbons (Fsp3) is 0.350. The van der Waals surface area contributed by atoms with E-state index in [-0.39, 0.29) is 18.2 Å². The van der Waals surface area contributed by atoms with Gasteiger partial charge in [-0.25, -0.2) is 4.39 Å². The standard InChI is InChI=1S/C20H22BrFN2O4/c1-24(2)8-9-26-13-6-7-15(17(22)10-13)20(25)23-11-14-12-27-18-5-3-4-16(21)19(18)28-14/h3-7,10,14H,8-9,11-12H2,1-2H3,(H,23,25). The first-order valence-electron chi connectivity index (χ1n) is 8.87. The quantitative estimate of drug-likeness (QED) is 0.699. The fourth-order valence-corrected chi connectivity index (χ4v) is 3.06. The number of hydrogen-bond acceptors (Lipinski definition) is 5. The van der Waals surface area contributed by atoms with Gasteiger partial charge in [0.2, 0.25) is 0 Å². The van der Waals surface area contributed by atoms with E-state index in [2.05, 4.69) is 21.2 Å². The van der Waals surface area contributed by atoms with Gasteiger partial charge in [-0.15, -0.1) is 0 Å². The molecule has 8 heteroatoms. The summed E-state index contributed by atoms with van der Waals surface area (Å²) in [5.74, 6) is 0.486. The molecule has 0 fully saturated rings. The van der Waals surface area contributed by atoms with Gasteiger partial charge in [0, 0.05) is 12.6 Å². The Morgan fingerprint density at radius 2 is 2.18 bits per heavy atom. The van der Waals surface area contributed by atoms with Crippen molar-refractivity contribution in [3.63, 3.8) is 0 Å². The number of nitrogens with one attached hydrogen (secondary N) is 1. The first-order valence-corrected chi connectivity index (χ1v) is 9.66. The number of ether oxygens (including phenoxy) is 3. The minimum Gasteiger partial charge on any atom is -0.492 e. The summed E-state index contributed by atoms with van der Waals surface area (Å²) in [6.45, 7) is 1.64. The largest absolute Gasteiger partial charge is 0.492 e. The van der Waals surface area contributed by atoms with Crippen LogP contribution in [0.1, 0.15) is 10.4 Å². The van der Waals surface area contributed by atoms with Crippen LogP contribution in [0.25, 0.3) is 0 Å². The summed E-state index contributed by atoms with van der Waals surface area (Å²) >= 11 is 3.41. The van der Waals surface area contributed by atoms with E-state index in [0.717, 1.165) is 4.47 Å². The molecule has 1 heterocycles. The van der Waals surface area contributed by atoms with Gasteiger partial charge >= 0.3 is 0 Å². The van der Waals surface area contributed by atoms with Crippen LogP contribution < -0.4 is 19.5 Å². The van der Waals surface area contributed by atoms with E-state index in [1.807, 2.05) is 37.2 Å². The van der Waals surface area contributed by atoms with E-state index in [1.54, 1.807) is 6.07 Å². The molecule has 1 atom stereocenters. The summed E-state index contributed by atoms with van der Waals surface area (Å²) < 4.78 is 32.0. The second-order valence-electron chi connectivity index (χ2n) is 6.62. The van der Waals surface area contributed by atoms with Crippen molar-refractivity contribution in [2.24, 2.45) is 0 Å². The third-order valence-corrected chi connectivity index (χ3v) is 4.75. The number of halogens is 2. The highest BCUT2D eigenvalue weighted by Crippen LogP contribution is 2.38. The Hall–Kier alpha value is -2.32. The Balaban J connectivity index is 1.54. The van der Waals surface area contributed by atoms with Gasteiger partial charge in [-0.1, -0.05) is 6.07 Å². The number of carbonyl (C=O) groups is 1. The molecule has 28 heavy (non-hydrogen) atoms. The van der Waals surface area contributed by atoms with Crippen molar-refractivity contribution in [3.8, 4) is 17.2 Å². The maximum Gasteiger partial charge on any atom is 0.254 e. The molecule has 2 aromatic rings. The maximum absolute atomic E-state index is 14.3. The highest BCUT2D eigenvalue weighted by atomic mass is 79.9. The monoisotopic (exact) mass is 452 g/mol. The minimum atomic E-state index is -0.631. The predicted octanol–water partition coefficient (Wildman–Crippen LogP) is 3.10. The second kappa shape index (κ2) is 9.25. The van der Waals surface area contributed by atoms with Crippen LogP contribution in [0.5, 0.6) is 17.2 Å². The van der Waals surface area contributed by atoms with E-state index in [1.165, 1.54) is 12.1 Å². The third-order valence-electron chi connectivity index (χ3n) is 4.12. The molecule has 6 nitrogen and oxygen atoms in total. The first-order chi connectivity index (χ1) is 13.4. The van der Waals surface area contributed by atoms with Crippen molar-refractivity contribution in [1.82, 2.24) is 10.2 Å². The second-order valence-corrected chi connectivity index (χ2v) is 7.48. The summed E-state index contributed by atoms with van der Waals surface area (Å²) in [6, 6.07) is 9.73. The molecule has 0 radical (unpaired) electrons. The SMILES string of the molecule is CN(C)CCOc1ccc(C(=O)NCC2COc3cccc(Br)c3O2)c(F)c1. The molecule has 1 unspecified atom stereocenters. The van der Waals surface area contributed by atoms with Crippen LogP contribution in [-0.4, -0.2) is 57.3 Å². The van der Waals surface area contributed by atoms with Gasteiger partial charge in [-0.3, -0.25) is 4.79 Å². The summed E-state index contributed by atoms with van der Waals surface area (Å²) in [7, 11) is 3.85. The zero-order chi connectivity index (χ0) is 20.1. The lowest BCUT2D eigenvalue weighted by Gasteiger charge is -2.27. The van der Waals surface area contributed by atoms with Gasteiger partial charge in [-0.2, -0.15) is 0 Å². The van der Waals surface area contributed by atoms with Gasteiger partial charge in [0.1, 0.15) is 24.8 Å². The molecule has 1 aliphatic heterocycles. The van der Waals surface area contributed by atoms with E-state index in [0.29, 0.717) is 37.0 Å².